The lowest BCUT2D eigenvalue weighted by Crippen LogP contribution is -2.37. The number of nitrogens with zero attached hydrogens (tertiary/aromatic N) is 3. The van der Waals surface area contributed by atoms with Crippen LogP contribution < -0.4 is 14.2 Å². The Morgan fingerprint density at radius 2 is 1.47 bits per heavy atom. The van der Waals surface area contributed by atoms with Crippen molar-refractivity contribution >= 4 is 0 Å². The third-order valence-electron chi connectivity index (χ3n) is 6.07. The van der Waals surface area contributed by atoms with Crippen molar-refractivity contribution in [3.8, 4) is 28.8 Å². The highest BCUT2D eigenvalue weighted by molar-refractivity contribution is 5.44. The van der Waals surface area contributed by atoms with E-state index in [0.717, 1.165) is 35.0 Å². The largest absolute Gasteiger partial charge is 0.497 e. The molecule has 0 unspecified atom stereocenters. The smallest absolute Gasteiger partial charge is 0.227 e. The first kappa shape index (κ1) is 27.2. The van der Waals surface area contributed by atoms with E-state index in [9.17, 15) is 5.11 Å². The molecule has 7 nitrogen and oxygen atoms in total. The average molecular weight is 516 g/mol. The minimum atomic E-state index is -0.649. The van der Waals surface area contributed by atoms with E-state index >= 15 is 0 Å². The van der Waals surface area contributed by atoms with Crippen molar-refractivity contribution in [2.24, 2.45) is 5.92 Å². The van der Waals surface area contributed by atoms with Crippen molar-refractivity contribution in [3.63, 3.8) is 0 Å². The summed E-state index contributed by atoms with van der Waals surface area (Å²) in [6.07, 6.45) is -0.649. The molecule has 3 aromatic carbocycles. The molecule has 0 fully saturated rings. The first-order valence-electron chi connectivity index (χ1n) is 13.0. The Kier molecular flexibility index (Phi) is 9.40. The number of rotatable bonds is 13. The maximum absolute atomic E-state index is 10.8. The molecule has 0 radical (unpaired) electrons. The first-order chi connectivity index (χ1) is 18.4. The van der Waals surface area contributed by atoms with Gasteiger partial charge in [-0.2, -0.15) is 5.10 Å². The van der Waals surface area contributed by atoms with Crippen LogP contribution in [0, 0.1) is 12.8 Å². The number of methoxy groups -OCH3 is 1. The van der Waals surface area contributed by atoms with Crippen LogP contribution in [-0.4, -0.2) is 52.7 Å². The zero-order valence-corrected chi connectivity index (χ0v) is 22.6. The van der Waals surface area contributed by atoms with Gasteiger partial charge in [-0.05, 0) is 61.4 Å². The molecule has 0 aliphatic heterocycles. The van der Waals surface area contributed by atoms with Crippen LogP contribution in [0.2, 0.25) is 0 Å². The third-order valence-corrected chi connectivity index (χ3v) is 6.07. The lowest BCUT2D eigenvalue weighted by molar-refractivity contribution is 0.0612. The molecule has 1 N–H and O–H groups in total. The normalized spacial score (nSPS) is 12.1. The molecular weight excluding hydrogens is 478 g/mol. The fraction of sp³-hybridized carbons (Fsp3) is 0.323. The van der Waals surface area contributed by atoms with Crippen LogP contribution in [0.5, 0.6) is 23.1 Å². The Bertz CT molecular complexity index is 1260. The number of ether oxygens (including phenoxy) is 3. The van der Waals surface area contributed by atoms with Gasteiger partial charge in [0, 0.05) is 19.6 Å². The molecule has 38 heavy (non-hydrogen) atoms. The van der Waals surface area contributed by atoms with Crippen molar-refractivity contribution in [2.45, 2.75) is 33.4 Å². The predicted molar refractivity (Wildman–Crippen MR) is 149 cm³/mol. The first-order valence-corrected chi connectivity index (χ1v) is 13.0. The van der Waals surface area contributed by atoms with E-state index in [-0.39, 0.29) is 6.61 Å². The number of aliphatic hydroxyl groups excluding tert-OH is 1. The molecule has 1 atom stereocenters. The lowest BCUT2D eigenvalue weighted by atomic mass is 10.1. The summed E-state index contributed by atoms with van der Waals surface area (Å²) < 4.78 is 19.4. The fourth-order valence-corrected chi connectivity index (χ4v) is 4.33. The van der Waals surface area contributed by atoms with Crippen LogP contribution in [0.4, 0.5) is 0 Å². The standard InChI is InChI=1S/C31H37N3O4/c1-23(2)19-33(20-26(35)22-37-28-13-9-6-10-14-28)21-30-24(3)32-34(25-11-7-5-8-12-25)31(30)38-29-17-15-27(36-4)16-18-29/h5-18,23,26,35H,19-22H2,1-4H3/t26-/m0/s1. The average Bonchev–Trinajstić information content (AvgIpc) is 3.23. The number of aromatic nitrogens is 2. The van der Waals surface area contributed by atoms with Crippen LogP contribution in [-0.2, 0) is 6.54 Å². The molecular formula is C31H37N3O4. The molecule has 4 rings (SSSR count). The Morgan fingerprint density at radius 3 is 2.11 bits per heavy atom. The van der Waals surface area contributed by atoms with Crippen molar-refractivity contribution in [3.05, 3.63) is 96.2 Å². The van der Waals surface area contributed by atoms with Crippen LogP contribution in [0.25, 0.3) is 5.69 Å². The molecule has 1 heterocycles. The molecule has 0 spiro atoms. The van der Waals surface area contributed by atoms with Crippen molar-refractivity contribution in [1.29, 1.82) is 0 Å². The molecule has 0 amide bonds. The highest BCUT2D eigenvalue weighted by atomic mass is 16.5. The Morgan fingerprint density at radius 1 is 0.842 bits per heavy atom. The molecule has 1 aromatic heterocycles. The van der Waals surface area contributed by atoms with Crippen molar-refractivity contribution in [2.75, 3.05) is 26.8 Å². The second-order valence-corrected chi connectivity index (χ2v) is 9.76. The molecule has 0 bridgehead atoms. The van der Waals surface area contributed by atoms with Gasteiger partial charge in [-0.3, -0.25) is 4.90 Å². The number of aliphatic hydroxyl groups is 1. The van der Waals surface area contributed by atoms with Gasteiger partial charge in [-0.15, -0.1) is 0 Å². The van der Waals surface area contributed by atoms with E-state index < -0.39 is 6.10 Å². The molecule has 0 aliphatic rings. The number of para-hydroxylation sites is 2. The number of benzene rings is 3. The second kappa shape index (κ2) is 13.1. The number of hydrogen-bond acceptors (Lipinski definition) is 6. The van der Waals surface area contributed by atoms with Gasteiger partial charge in [0.05, 0.1) is 24.1 Å². The fourth-order valence-electron chi connectivity index (χ4n) is 4.33. The SMILES string of the molecule is COc1ccc(Oc2c(CN(CC(C)C)C[C@H](O)COc3ccccc3)c(C)nn2-c2ccccc2)cc1. The molecule has 0 saturated carbocycles. The summed E-state index contributed by atoms with van der Waals surface area (Å²) in [6.45, 7) is 8.41. The van der Waals surface area contributed by atoms with Gasteiger partial charge in [0.2, 0.25) is 5.88 Å². The predicted octanol–water partition coefficient (Wildman–Crippen LogP) is 5.88. The topological polar surface area (TPSA) is 69.0 Å². The van der Waals surface area contributed by atoms with E-state index in [0.29, 0.717) is 30.6 Å². The summed E-state index contributed by atoms with van der Waals surface area (Å²) in [5.41, 5.74) is 2.76. The second-order valence-electron chi connectivity index (χ2n) is 9.76. The van der Waals surface area contributed by atoms with Gasteiger partial charge in [0.25, 0.3) is 0 Å². The van der Waals surface area contributed by atoms with E-state index in [1.807, 2.05) is 96.5 Å². The Balaban J connectivity index is 1.59. The molecule has 0 saturated heterocycles. The summed E-state index contributed by atoms with van der Waals surface area (Å²) in [7, 11) is 1.64. The van der Waals surface area contributed by atoms with Gasteiger partial charge in [0.15, 0.2) is 0 Å². The Labute approximate surface area is 225 Å². The van der Waals surface area contributed by atoms with Crippen LogP contribution >= 0.6 is 0 Å². The minimum Gasteiger partial charge on any atom is -0.497 e. The maximum Gasteiger partial charge on any atom is 0.227 e. The Hall–Kier alpha value is -3.81. The zero-order valence-electron chi connectivity index (χ0n) is 22.6. The number of aryl methyl sites for hydroxylation is 1. The van der Waals surface area contributed by atoms with E-state index in [4.69, 9.17) is 19.3 Å². The van der Waals surface area contributed by atoms with Crippen molar-refractivity contribution in [1.82, 2.24) is 14.7 Å². The van der Waals surface area contributed by atoms with Gasteiger partial charge in [0.1, 0.15) is 30.0 Å². The van der Waals surface area contributed by atoms with Crippen molar-refractivity contribution < 1.29 is 19.3 Å². The van der Waals surface area contributed by atoms with Gasteiger partial charge >= 0.3 is 0 Å². The highest BCUT2D eigenvalue weighted by Crippen LogP contribution is 2.32. The molecule has 0 aliphatic carbocycles. The van der Waals surface area contributed by atoms with Gasteiger partial charge in [-0.1, -0.05) is 50.2 Å². The zero-order chi connectivity index (χ0) is 26.9. The quantitative estimate of drug-likeness (QED) is 0.240. The highest BCUT2D eigenvalue weighted by Gasteiger charge is 2.23. The third kappa shape index (κ3) is 7.37. The summed E-state index contributed by atoms with van der Waals surface area (Å²) in [6, 6.07) is 27.0. The van der Waals surface area contributed by atoms with Crippen LogP contribution in [0.1, 0.15) is 25.1 Å². The summed E-state index contributed by atoms with van der Waals surface area (Å²) >= 11 is 0. The monoisotopic (exact) mass is 515 g/mol. The minimum absolute atomic E-state index is 0.218. The van der Waals surface area contributed by atoms with E-state index in [2.05, 4.69) is 18.7 Å². The molecule has 200 valence electrons. The van der Waals surface area contributed by atoms with E-state index in [1.165, 1.54) is 0 Å². The van der Waals surface area contributed by atoms with E-state index in [1.54, 1.807) is 7.11 Å². The molecule has 7 heteroatoms. The van der Waals surface area contributed by atoms with Crippen LogP contribution in [0.3, 0.4) is 0 Å². The maximum atomic E-state index is 10.8. The summed E-state index contributed by atoms with van der Waals surface area (Å²) in [4.78, 5) is 2.24. The summed E-state index contributed by atoms with van der Waals surface area (Å²) in [5, 5.41) is 15.7. The lowest BCUT2D eigenvalue weighted by Gasteiger charge is -2.27. The van der Waals surface area contributed by atoms with Gasteiger partial charge in [-0.25, -0.2) is 4.68 Å². The summed E-state index contributed by atoms with van der Waals surface area (Å²) in [5.74, 6) is 3.27. The van der Waals surface area contributed by atoms with Crippen LogP contribution in [0.15, 0.2) is 84.9 Å². The number of hydrogen-bond donors (Lipinski definition) is 1. The molecule has 4 aromatic rings. The van der Waals surface area contributed by atoms with Gasteiger partial charge < -0.3 is 19.3 Å².